The number of halogens is 2. The topological polar surface area (TPSA) is 42.9 Å². The van der Waals surface area contributed by atoms with Gasteiger partial charge >= 0.3 is 0 Å². The summed E-state index contributed by atoms with van der Waals surface area (Å²) in [5, 5.41) is 6.78. The van der Waals surface area contributed by atoms with E-state index in [1.165, 1.54) is 34.9 Å². The summed E-state index contributed by atoms with van der Waals surface area (Å²) >= 11 is 2.01. The Kier molecular flexibility index (Phi) is 7.17. The molecule has 166 valence electrons. The lowest BCUT2D eigenvalue weighted by atomic mass is 10.2. The quantitative estimate of drug-likeness (QED) is 0.545. The molecule has 1 atom stereocenters. The second-order valence-corrected chi connectivity index (χ2v) is 9.09. The second-order valence-electron chi connectivity index (χ2n) is 7.86. The van der Waals surface area contributed by atoms with Crippen molar-refractivity contribution >= 4 is 29.1 Å². The van der Waals surface area contributed by atoms with Crippen molar-refractivity contribution in [1.29, 1.82) is 0 Å². The fraction of sp³-hybridized carbons (Fsp3) is 0.435. The van der Waals surface area contributed by atoms with Gasteiger partial charge in [0.2, 0.25) is 0 Å². The Bertz CT molecular complexity index is 899. The van der Waals surface area contributed by atoms with Crippen molar-refractivity contribution in [3.63, 3.8) is 0 Å². The van der Waals surface area contributed by atoms with Crippen molar-refractivity contribution in [3.8, 4) is 0 Å². The molecule has 31 heavy (non-hydrogen) atoms. The molecule has 2 saturated heterocycles. The van der Waals surface area contributed by atoms with Crippen molar-refractivity contribution in [1.82, 2.24) is 10.6 Å². The van der Waals surface area contributed by atoms with Crippen LogP contribution in [0.4, 0.5) is 20.2 Å². The summed E-state index contributed by atoms with van der Waals surface area (Å²) in [5.41, 5.74) is 2.92. The molecule has 0 amide bonds. The number of nitrogens with one attached hydrogen (secondary N) is 2. The number of hydrogen-bond donors (Lipinski definition) is 2. The van der Waals surface area contributed by atoms with Crippen LogP contribution in [0, 0.1) is 11.6 Å². The van der Waals surface area contributed by atoms with Crippen LogP contribution in [0.1, 0.15) is 12.0 Å². The van der Waals surface area contributed by atoms with Crippen LogP contribution in [-0.2, 0) is 6.54 Å². The number of benzene rings is 2. The van der Waals surface area contributed by atoms with Crippen molar-refractivity contribution in [2.24, 2.45) is 4.99 Å². The van der Waals surface area contributed by atoms with Crippen LogP contribution in [0.25, 0.3) is 0 Å². The number of anilines is 2. The van der Waals surface area contributed by atoms with Gasteiger partial charge in [0.1, 0.15) is 11.6 Å². The van der Waals surface area contributed by atoms with Crippen LogP contribution < -0.4 is 20.4 Å². The molecule has 2 N–H and O–H groups in total. The van der Waals surface area contributed by atoms with Crippen molar-refractivity contribution in [2.75, 3.05) is 54.5 Å². The Morgan fingerprint density at radius 1 is 1.06 bits per heavy atom. The Labute approximate surface area is 186 Å². The molecule has 8 heteroatoms. The van der Waals surface area contributed by atoms with E-state index in [0.29, 0.717) is 25.3 Å². The molecule has 4 rings (SSSR count). The van der Waals surface area contributed by atoms with Crippen LogP contribution in [0.3, 0.4) is 0 Å². The Balaban J connectivity index is 1.27. The number of hydrogen-bond acceptors (Lipinski definition) is 4. The first kappa shape index (κ1) is 21.7. The normalized spacial score (nSPS) is 19.6. The molecule has 2 aromatic rings. The third kappa shape index (κ3) is 5.61. The van der Waals surface area contributed by atoms with Crippen molar-refractivity contribution in [3.05, 3.63) is 59.7 Å². The minimum Gasteiger partial charge on any atom is -0.370 e. The predicted molar refractivity (Wildman–Crippen MR) is 126 cm³/mol. The van der Waals surface area contributed by atoms with E-state index in [0.717, 1.165) is 31.5 Å². The van der Waals surface area contributed by atoms with Crippen LogP contribution in [0.15, 0.2) is 47.5 Å². The second kappa shape index (κ2) is 10.2. The van der Waals surface area contributed by atoms with Crippen LogP contribution >= 0.6 is 11.8 Å². The lowest BCUT2D eigenvalue weighted by Crippen LogP contribution is -2.44. The maximum atomic E-state index is 14.1. The molecule has 0 radical (unpaired) electrons. The SMILES string of the molecule is CN=C(NCc1ccc(N2CCSCC2)cc1)NC1CCN(c2ccc(F)cc2F)C1. The summed E-state index contributed by atoms with van der Waals surface area (Å²) in [7, 11) is 1.75. The zero-order valence-corrected chi connectivity index (χ0v) is 18.6. The maximum Gasteiger partial charge on any atom is 0.191 e. The summed E-state index contributed by atoms with van der Waals surface area (Å²) in [6.45, 7) is 4.26. The zero-order chi connectivity index (χ0) is 21.6. The Hall–Kier alpha value is -2.48. The number of thioether (sulfide) groups is 1. The van der Waals surface area contributed by atoms with Gasteiger partial charge in [-0.3, -0.25) is 4.99 Å². The monoisotopic (exact) mass is 445 g/mol. The lowest BCUT2D eigenvalue weighted by molar-refractivity contribution is 0.580. The minimum absolute atomic E-state index is 0.148. The summed E-state index contributed by atoms with van der Waals surface area (Å²) in [4.78, 5) is 8.70. The van der Waals surface area contributed by atoms with Gasteiger partial charge in [0, 0.05) is 69.1 Å². The number of guanidine groups is 1. The molecule has 2 aliphatic rings. The minimum atomic E-state index is -0.553. The molecular weight excluding hydrogens is 416 g/mol. The molecule has 0 saturated carbocycles. The molecular formula is C23H29F2N5S. The fourth-order valence-corrected chi connectivity index (χ4v) is 4.96. The average Bonchev–Trinajstić information content (AvgIpc) is 3.25. The highest BCUT2D eigenvalue weighted by molar-refractivity contribution is 7.99. The first-order chi connectivity index (χ1) is 15.1. The third-order valence-electron chi connectivity index (χ3n) is 5.78. The molecule has 0 bridgehead atoms. The van der Waals surface area contributed by atoms with E-state index in [1.807, 2.05) is 16.7 Å². The molecule has 0 aliphatic carbocycles. The molecule has 2 aromatic carbocycles. The predicted octanol–water partition coefficient (Wildman–Crippen LogP) is 3.46. The van der Waals surface area contributed by atoms with Crippen molar-refractivity contribution < 1.29 is 8.78 Å². The van der Waals surface area contributed by atoms with E-state index < -0.39 is 11.6 Å². The van der Waals surface area contributed by atoms with E-state index in [4.69, 9.17) is 0 Å². The van der Waals surface area contributed by atoms with E-state index in [1.54, 1.807) is 7.05 Å². The van der Waals surface area contributed by atoms with Gasteiger partial charge in [0.25, 0.3) is 0 Å². The van der Waals surface area contributed by atoms with Crippen LogP contribution in [-0.4, -0.2) is 56.7 Å². The molecule has 2 fully saturated rings. The van der Waals surface area contributed by atoms with Gasteiger partial charge in [-0.15, -0.1) is 0 Å². The largest absolute Gasteiger partial charge is 0.370 e. The van der Waals surface area contributed by atoms with E-state index in [-0.39, 0.29) is 6.04 Å². The molecule has 2 aliphatic heterocycles. The highest BCUT2D eigenvalue weighted by Crippen LogP contribution is 2.24. The van der Waals surface area contributed by atoms with Gasteiger partial charge in [-0.05, 0) is 36.2 Å². The molecule has 5 nitrogen and oxygen atoms in total. The molecule has 2 heterocycles. The Morgan fingerprint density at radius 3 is 2.55 bits per heavy atom. The van der Waals surface area contributed by atoms with Gasteiger partial charge in [-0.1, -0.05) is 12.1 Å². The van der Waals surface area contributed by atoms with Crippen LogP contribution in [0.2, 0.25) is 0 Å². The Morgan fingerprint density at radius 2 is 1.84 bits per heavy atom. The summed E-state index contributed by atoms with van der Waals surface area (Å²) in [5.74, 6) is 2.04. The van der Waals surface area contributed by atoms with E-state index in [9.17, 15) is 8.78 Å². The van der Waals surface area contributed by atoms with Gasteiger partial charge in [-0.2, -0.15) is 11.8 Å². The number of aliphatic imine (C=N–C) groups is 1. The number of nitrogens with zero attached hydrogens (tertiary/aromatic N) is 3. The van der Waals surface area contributed by atoms with Gasteiger partial charge in [0.15, 0.2) is 5.96 Å². The number of rotatable bonds is 5. The zero-order valence-electron chi connectivity index (χ0n) is 17.8. The van der Waals surface area contributed by atoms with Gasteiger partial charge in [0.05, 0.1) is 5.69 Å². The smallest absolute Gasteiger partial charge is 0.191 e. The third-order valence-corrected chi connectivity index (χ3v) is 6.72. The van der Waals surface area contributed by atoms with E-state index >= 15 is 0 Å². The first-order valence-electron chi connectivity index (χ1n) is 10.7. The molecule has 0 spiro atoms. The first-order valence-corrected chi connectivity index (χ1v) is 11.9. The fourth-order valence-electron chi connectivity index (χ4n) is 4.05. The summed E-state index contributed by atoms with van der Waals surface area (Å²) < 4.78 is 27.2. The lowest BCUT2D eigenvalue weighted by Gasteiger charge is -2.28. The highest BCUT2D eigenvalue weighted by atomic mass is 32.2. The van der Waals surface area contributed by atoms with E-state index in [2.05, 4.69) is 44.8 Å². The summed E-state index contributed by atoms with van der Waals surface area (Å²) in [6, 6.07) is 12.6. The molecule has 0 aromatic heterocycles. The maximum absolute atomic E-state index is 14.1. The van der Waals surface area contributed by atoms with Gasteiger partial charge < -0.3 is 20.4 Å². The van der Waals surface area contributed by atoms with Crippen molar-refractivity contribution in [2.45, 2.75) is 19.0 Å². The molecule has 1 unspecified atom stereocenters. The summed E-state index contributed by atoms with van der Waals surface area (Å²) in [6.07, 6.45) is 0.861. The average molecular weight is 446 g/mol. The van der Waals surface area contributed by atoms with Gasteiger partial charge in [-0.25, -0.2) is 8.78 Å². The standard InChI is InChI=1S/C23H29F2N5S/c1-26-23(27-15-17-2-5-20(6-3-17)29-10-12-31-13-11-29)28-19-8-9-30(16-19)22-7-4-18(24)14-21(22)25/h2-7,14,19H,8-13,15-16H2,1H3,(H2,26,27,28). The highest BCUT2D eigenvalue weighted by Gasteiger charge is 2.25. The van der Waals surface area contributed by atoms with Crippen LogP contribution in [0.5, 0.6) is 0 Å².